The van der Waals surface area contributed by atoms with Crippen molar-refractivity contribution >= 4 is 16.8 Å². The molecule has 2 aliphatic carbocycles. The summed E-state index contributed by atoms with van der Waals surface area (Å²) in [6, 6.07) is 6.86. The van der Waals surface area contributed by atoms with Gasteiger partial charge in [0.25, 0.3) is 0 Å². The van der Waals surface area contributed by atoms with Crippen LogP contribution in [0.1, 0.15) is 49.4 Å². The highest BCUT2D eigenvalue weighted by Gasteiger charge is 2.25. The Hall–Kier alpha value is -2.03. The highest BCUT2D eigenvalue weighted by molar-refractivity contribution is 5.88. The third kappa shape index (κ3) is 2.88. The highest BCUT2D eigenvalue weighted by atomic mass is 16.1. The molecule has 1 amide bonds. The molecule has 0 fully saturated rings. The Morgan fingerprint density at radius 2 is 2.25 bits per heavy atom. The van der Waals surface area contributed by atoms with Crippen LogP contribution in [0.25, 0.3) is 10.9 Å². The zero-order chi connectivity index (χ0) is 16.5. The normalized spacial score (nSPS) is 22.7. The average molecular weight is 322 g/mol. The van der Waals surface area contributed by atoms with Gasteiger partial charge in [-0.3, -0.25) is 4.79 Å². The Morgan fingerprint density at radius 1 is 1.33 bits per heavy atom. The van der Waals surface area contributed by atoms with Gasteiger partial charge in [-0.2, -0.15) is 0 Å². The monoisotopic (exact) mass is 322 g/mol. The van der Waals surface area contributed by atoms with Gasteiger partial charge in [-0.15, -0.1) is 0 Å². The number of aryl methyl sites for hydroxylation is 2. The third-order valence-corrected chi connectivity index (χ3v) is 5.62. The summed E-state index contributed by atoms with van der Waals surface area (Å²) in [4.78, 5) is 16.0. The van der Waals surface area contributed by atoms with Crippen LogP contribution in [-0.2, 0) is 24.1 Å². The number of para-hydroxylation sites is 1. The molecule has 1 aromatic heterocycles. The summed E-state index contributed by atoms with van der Waals surface area (Å²) in [5.74, 6) is 0.665. The average Bonchev–Trinajstić information content (AvgIpc) is 3.21. The molecule has 1 aromatic carbocycles. The van der Waals surface area contributed by atoms with Crippen molar-refractivity contribution in [3.8, 4) is 0 Å². The molecule has 3 heteroatoms. The van der Waals surface area contributed by atoms with Crippen molar-refractivity contribution in [3.63, 3.8) is 0 Å². The van der Waals surface area contributed by atoms with Crippen molar-refractivity contribution in [2.45, 2.75) is 57.9 Å². The van der Waals surface area contributed by atoms with Crippen LogP contribution in [0.15, 0.2) is 30.4 Å². The number of aromatic nitrogens is 1. The van der Waals surface area contributed by atoms with Gasteiger partial charge in [0.2, 0.25) is 5.91 Å². The smallest absolute Gasteiger partial charge is 0.220 e. The van der Waals surface area contributed by atoms with E-state index in [1.54, 1.807) is 0 Å². The van der Waals surface area contributed by atoms with Crippen LogP contribution in [0.3, 0.4) is 0 Å². The molecule has 126 valence electrons. The van der Waals surface area contributed by atoms with Crippen molar-refractivity contribution in [3.05, 3.63) is 47.2 Å². The maximum Gasteiger partial charge on any atom is 0.220 e. The summed E-state index contributed by atoms with van der Waals surface area (Å²) in [5, 5.41) is 4.63. The van der Waals surface area contributed by atoms with Crippen LogP contribution in [0.4, 0.5) is 0 Å². The van der Waals surface area contributed by atoms with E-state index >= 15 is 0 Å². The van der Waals surface area contributed by atoms with E-state index in [4.69, 9.17) is 0 Å². The van der Waals surface area contributed by atoms with Gasteiger partial charge >= 0.3 is 0 Å². The minimum atomic E-state index is 0.217. The van der Waals surface area contributed by atoms with E-state index in [0.717, 1.165) is 38.5 Å². The number of fused-ring (bicyclic) bond motifs is 3. The minimum absolute atomic E-state index is 0.217. The summed E-state index contributed by atoms with van der Waals surface area (Å²) in [6.07, 6.45) is 11.4. The van der Waals surface area contributed by atoms with Gasteiger partial charge in [-0.25, -0.2) is 0 Å². The number of allylic oxidation sites excluding steroid dienone is 2. The number of H-pyrrole nitrogens is 1. The fourth-order valence-corrected chi connectivity index (χ4v) is 4.31. The molecule has 2 atom stereocenters. The molecule has 0 radical (unpaired) electrons. The largest absolute Gasteiger partial charge is 0.358 e. The molecular weight excluding hydrogens is 296 g/mol. The maximum absolute atomic E-state index is 12.3. The van der Waals surface area contributed by atoms with Crippen molar-refractivity contribution < 1.29 is 4.79 Å². The molecule has 4 rings (SSSR count). The molecule has 0 saturated carbocycles. The quantitative estimate of drug-likeness (QED) is 0.819. The Bertz CT molecular complexity index is 786. The molecular formula is C21H26N2O. The predicted molar refractivity (Wildman–Crippen MR) is 98.1 cm³/mol. The van der Waals surface area contributed by atoms with E-state index in [0.29, 0.717) is 12.3 Å². The number of hydrogen-bond donors (Lipinski definition) is 2. The fraction of sp³-hybridized carbons (Fsp3) is 0.476. The Morgan fingerprint density at radius 3 is 3.04 bits per heavy atom. The summed E-state index contributed by atoms with van der Waals surface area (Å²) >= 11 is 0. The van der Waals surface area contributed by atoms with E-state index in [1.165, 1.54) is 27.7 Å². The van der Waals surface area contributed by atoms with Gasteiger partial charge in [0.05, 0.1) is 0 Å². The fourth-order valence-electron chi connectivity index (χ4n) is 4.31. The number of benzene rings is 1. The van der Waals surface area contributed by atoms with Gasteiger partial charge in [0, 0.05) is 29.1 Å². The van der Waals surface area contributed by atoms with Crippen molar-refractivity contribution in [1.29, 1.82) is 0 Å². The Kier molecular flexibility index (Phi) is 4.17. The number of hydrogen-bond acceptors (Lipinski definition) is 1. The summed E-state index contributed by atoms with van der Waals surface area (Å²) in [5.41, 5.74) is 5.47. The Labute approximate surface area is 143 Å². The topological polar surface area (TPSA) is 44.9 Å². The van der Waals surface area contributed by atoms with Crippen molar-refractivity contribution in [2.75, 3.05) is 0 Å². The van der Waals surface area contributed by atoms with Gasteiger partial charge in [-0.1, -0.05) is 37.3 Å². The van der Waals surface area contributed by atoms with Crippen LogP contribution in [0.2, 0.25) is 0 Å². The lowest BCUT2D eigenvalue weighted by atomic mass is 9.90. The molecule has 24 heavy (non-hydrogen) atoms. The van der Waals surface area contributed by atoms with E-state index < -0.39 is 0 Å². The number of rotatable bonds is 4. The first kappa shape index (κ1) is 15.5. The first-order valence-electron chi connectivity index (χ1n) is 9.32. The molecule has 2 aromatic rings. The molecule has 0 unspecified atom stereocenters. The summed E-state index contributed by atoms with van der Waals surface area (Å²) in [7, 11) is 0. The number of nitrogens with one attached hydrogen (secondary N) is 2. The first-order valence-corrected chi connectivity index (χ1v) is 9.32. The van der Waals surface area contributed by atoms with Crippen LogP contribution in [0, 0.1) is 5.92 Å². The third-order valence-electron chi connectivity index (χ3n) is 5.62. The van der Waals surface area contributed by atoms with Crippen molar-refractivity contribution in [1.82, 2.24) is 10.3 Å². The van der Waals surface area contributed by atoms with E-state index in [-0.39, 0.29) is 11.9 Å². The number of amides is 1. The van der Waals surface area contributed by atoms with E-state index in [2.05, 4.69) is 47.6 Å². The van der Waals surface area contributed by atoms with Crippen LogP contribution >= 0.6 is 0 Å². The molecule has 0 bridgehead atoms. The zero-order valence-electron chi connectivity index (χ0n) is 14.4. The predicted octanol–water partition coefficient (Wildman–Crippen LogP) is 4.06. The molecule has 3 nitrogen and oxygen atoms in total. The van der Waals surface area contributed by atoms with Gasteiger partial charge < -0.3 is 10.3 Å². The summed E-state index contributed by atoms with van der Waals surface area (Å²) < 4.78 is 0. The number of aromatic amines is 1. The molecule has 0 spiro atoms. The van der Waals surface area contributed by atoms with E-state index in [9.17, 15) is 4.79 Å². The van der Waals surface area contributed by atoms with Crippen LogP contribution in [-0.4, -0.2) is 16.9 Å². The lowest BCUT2D eigenvalue weighted by molar-refractivity contribution is -0.122. The highest BCUT2D eigenvalue weighted by Crippen LogP contribution is 2.31. The summed E-state index contributed by atoms with van der Waals surface area (Å²) in [6.45, 7) is 2.20. The van der Waals surface area contributed by atoms with E-state index in [1.807, 2.05) is 0 Å². The second kappa shape index (κ2) is 6.46. The molecule has 0 aliphatic heterocycles. The maximum atomic E-state index is 12.3. The lowest BCUT2D eigenvalue weighted by Crippen LogP contribution is -2.39. The SMILES string of the molecule is CCc1cccc2c3c([nH]c12)CC[C@H](NC(=O)C[C@@H]1C=CCC1)C3. The van der Waals surface area contributed by atoms with Gasteiger partial charge in [-0.05, 0) is 55.6 Å². The zero-order valence-corrected chi connectivity index (χ0v) is 14.4. The molecule has 1 heterocycles. The van der Waals surface area contributed by atoms with Crippen LogP contribution in [0.5, 0.6) is 0 Å². The molecule has 2 N–H and O–H groups in total. The number of carbonyl (C=O) groups excluding carboxylic acids is 1. The minimum Gasteiger partial charge on any atom is -0.358 e. The lowest BCUT2D eigenvalue weighted by Gasteiger charge is -2.24. The number of carbonyl (C=O) groups is 1. The second-order valence-electron chi connectivity index (χ2n) is 7.25. The standard InChI is InChI=1S/C21H26N2O/c1-2-15-8-5-9-17-18-13-16(10-11-19(18)23-21(15)17)22-20(24)12-14-6-3-4-7-14/h3,5-6,8-9,14,16,23H,2,4,7,10-13H2,1H3,(H,22,24)/t14-,16+/m1/s1. The molecule has 2 aliphatic rings. The van der Waals surface area contributed by atoms with Crippen molar-refractivity contribution in [2.24, 2.45) is 5.92 Å². The van der Waals surface area contributed by atoms with Gasteiger partial charge in [0.15, 0.2) is 0 Å². The molecule has 0 saturated heterocycles. The van der Waals surface area contributed by atoms with Gasteiger partial charge in [0.1, 0.15) is 0 Å². The van der Waals surface area contributed by atoms with Crippen LogP contribution < -0.4 is 5.32 Å². The first-order chi connectivity index (χ1) is 11.7. The second-order valence-corrected chi connectivity index (χ2v) is 7.25. The Balaban J connectivity index is 1.49.